The Morgan fingerprint density at radius 2 is 1.90 bits per heavy atom. The van der Waals surface area contributed by atoms with E-state index in [2.05, 4.69) is 4.72 Å². The average Bonchev–Trinajstić information content (AvgIpc) is 2.30. The van der Waals surface area contributed by atoms with Gasteiger partial charge in [0.2, 0.25) is 10.0 Å². The molecule has 0 fully saturated rings. The van der Waals surface area contributed by atoms with Crippen LogP contribution in [0.15, 0.2) is 23.1 Å². The Labute approximate surface area is 120 Å². The Morgan fingerprint density at radius 3 is 2.45 bits per heavy atom. The molecular weight excluding hydrogens is 317 g/mol. The van der Waals surface area contributed by atoms with Gasteiger partial charge in [-0.2, -0.15) is 13.2 Å². The number of hydrogen-bond donors (Lipinski definition) is 2. The van der Waals surface area contributed by atoms with Crippen LogP contribution < -0.4 is 10.5 Å². The van der Waals surface area contributed by atoms with Gasteiger partial charge in [0, 0.05) is 13.0 Å². The fourth-order valence-electron chi connectivity index (χ4n) is 1.43. The first kappa shape index (κ1) is 17.1. The van der Waals surface area contributed by atoms with Crippen LogP contribution in [-0.4, -0.2) is 21.1 Å². The summed E-state index contributed by atoms with van der Waals surface area (Å²) < 4.78 is 61.6. The van der Waals surface area contributed by atoms with E-state index in [4.69, 9.17) is 17.3 Å². The highest BCUT2D eigenvalue weighted by Crippen LogP contribution is 2.23. The van der Waals surface area contributed by atoms with Gasteiger partial charge in [-0.3, -0.25) is 0 Å². The number of rotatable bonds is 6. The predicted molar refractivity (Wildman–Crippen MR) is 71.0 cm³/mol. The van der Waals surface area contributed by atoms with Gasteiger partial charge in [-0.25, -0.2) is 13.1 Å². The van der Waals surface area contributed by atoms with E-state index in [0.717, 1.165) is 0 Å². The summed E-state index contributed by atoms with van der Waals surface area (Å²) in [6.45, 7) is -0.0685. The molecule has 20 heavy (non-hydrogen) atoms. The molecule has 0 atom stereocenters. The van der Waals surface area contributed by atoms with Crippen molar-refractivity contribution in [1.29, 1.82) is 0 Å². The van der Waals surface area contributed by atoms with Gasteiger partial charge in [0.05, 0.1) is 15.6 Å². The number of nitrogens with one attached hydrogen (secondary N) is 1. The Bertz CT molecular complexity index is 561. The van der Waals surface area contributed by atoms with Crippen molar-refractivity contribution >= 4 is 27.3 Å². The monoisotopic (exact) mass is 330 g/mol. The number of alkyl halides is 3. The van der Waals surface area contributed by atoms with Gasteiger partial charge < -0.3 is 5.73 Å². The number of halogens is 4. The second kappa shape index (κ2) is 6.64. The zero-order valence-corrected chi connectivity index (χ0v) is 11.9. The summed E-state index contributed by atoms with van der Waals surface area (Å²) in [7, 11) is -3.79. The molecule has 1 aromatic rings. The van der Waals surface area contributed by atoms with Crippen molar-refractivity contribution in [2.45, 2.75) is 30.3 Å². The summed E-state index contributed by atoms with van der Waals surface area (Å²) in [5.74, 6) is 0. The number of unbranched alkanes of at least 4 members (excludes halogenated alkanes) is 1. The van der Waals surface area contributed by atoms with Crippen molar-refractivity contribution in [1.82, 2.24) is 4.72 Å². The molecule has 0 saturated carbocycles. The highest BCUT2D eigenvalue weighted by atomic mass is 35.5. The van der Waals surface area contributed by atoms with Crippen molar-refractivity contribution < 1.29 is 21.6 Å². The van der Waals surface area contributed by atoms with Crippen LogP contribution in [0.4, 0.5) is 18.9 Å². The summed E-state index contributed by atoms with van der Waals surface area (Å²) in [6, 6.07) is 3.81. The third kappa shape index (κ3) is 5.56. The Morgan fingerprint density at radius 1 is 1.25 bits per heavy atom. The first-order valence-corrected chi connectivity index (χ1v) is 7.59. The SMILES string of the molecule is Nc1cc(S(=O)(=O)NCCCCC(F)(F)F)ccc1Cl. The lowest BCUT2D eigenvalue weighted by atomic mass is 10.2. The van der Waals surface area contributed by atoms with Crippen LogP contribution >= 0.6 is 11.6 Å². The second-order valence-corrected chi connectivity index (χ2v) is 6.33. The molecular formula is C11H14ClF3N2O2S. The minimum absolute atomic E-state index is 0.0685. The maximum absolute atomic E-state index is 11.9. The van der Waals surface area contributed by atoms with E-state index in [9.17, 15) is 21.6 Å². The van der Waals surface area contributed by atoms with Crippen LogP contribution in [0.3, 0.4) is 0 Å². The molecule has 0 saturated heterocycles. The molecule has 3 N–H and O–H groups in total. The number of sulfonamides is 1. The van der Waals surface area contributed by atoms with Crippen LogP contribution in [0, 0.1) is 0 Å². The van der Waals surface area contributed by atoms with E-state index < -0.39 is 22.6 Å². The summed E-state index contributed by atoms with van der Waals surface area (Å²) >= 11 is 5.67. The molecule has 0 heterocycles. The smallest absolute Gasteiger partial charge is 0.389 e. The molecule has 1 rings (SSSR count). The second-order valence-electron chi connectivity index (χ2n) is 4.15. The van der Waals surface area contributed by atoms with Crippen molar-refractivity contribution in [3.05, 3.63) is 23.2 Å². The van der Waals surface area contributed by atoms with Gasteiger partial charge in [0.1, 0.15) is 0 Å². The molecule has 4 nitrogen and oxygen atoms in total. The van der Waals surface area contributed by atoms with Gasteiger partial charge in [0.15, 0.2) is 0 Å². The first-order chi connectivity index (χ1) is 9.12. The van der Waals surface area contributed by atoms with Crippen LogP contribution in [-0.2, 0) is 10.0 Å². The molecule has 1 aromatic carbocycles. The Balaban J connectivity index is 2.52. The lowest BCUT2D eigenvalue weighted by Crippen LogP contribution is -2.25. The molecule has 0 bridgehead atoms. The maximum atomic E-state index is 11.9. The van der Waals surface area contributed by atoms with Crippen molar-refractivity contribution in [2.24, 2.45) is 0 Å². The van der Waals surface area contributed by atoms with Crippen molar-refractivity contribution in [3.63, 3.8) is 0 Å². The zero-order valence-electron chi connectivity index (χ0n) is 10.4. The van der Waals surface area contributed by atoms with E-state index in [1.807, 2.05) is 0 Å². The van der Waals surface area contributed by atoms with E-state index in [0.29, 0.717) is 0 Å². The molecule has 0 aromatic heterocycles. The molecule has 0 radical (unpaired) electrons. The minimum Gasteiger partial charge on any atom is -0.397 e. The highest BCUT2D eigenvalue weighted by molar-refractivity contribution is 7.89. The van der Waals surface area contributed by atoms with E-state index in [1.54, 1.807) is 0 Å². The van der Waals surface area contributed by atoms with Crippen LogP contribution in [0.2, 0.25) is 5.02 Å². The quantitative estimate of drug-likeness (QED) is 0.622. The van der Waals surface area contributed by atoms with Crippen molar-refractivity contribution in [3.8, 4) is 0 Å². The zero-order chi connectivity index (χ0) is 15.4. The number of hydrogen-bond acceptors (Lipinski definition) is 3. The molecule has 0 unspecified atom stereocenters. The number of nitrogens with two attached hydrogens (primary N) is 1. The Kier molecular flexibility index (Phi) is 5.67. The lowest BCUT2D eigenvalue weighted by molar-refractivity contribution is -0.135. The lowest BCUT2D eigenvalue weighted by Gasteiger charge is -2.09. The summed E-state index contributed by atoms with van der Waals surface area (Å²) in [5.41, 5.74) is 5.61. The number of benzene rings is 1. The van der Waals surface area contributed by atoms with Crippen LogP contribution in [0.5, 0.6) is 0 Å². The third-order valence-electron chi connectivity index (χ3n) is 2.46. The van der Waals surface area contributed by atoms with Gasteiger partial charge in [-0.05, 0) is 31.0 Å². The van der Waals surface area contributed by atoms with Crippen LogP contribution in [0.25, 0.3) is 0 Å². The van der Waals surface area contributed by atoms with E-state index >= 15 is 0 Å². The molecule has 0 spiro atoms. The third-order valence-corrected chi connectivity index (χ3v) is 4.26. The van der Waals surface area contributed by atoms with Gasteiger partial charge in [-0.1, -0.05) is 11.6 Å². The van der Waals surface area contributed by atoms with Gasteiger partial charge in [-0.15, -0.1) is 0 Å². The van der Waals surface area contributed by atoms with Gasteiger partial charge >= 0.3 is 6.18 Å². The summed E-state index contributed by atoms with van der Waals surface area (Å²) in [4.78, 5) is -0.0739. The first-order valence-electron chi connectivity index (χ1n) is 5.73. The van der Waals surface area contributed by atoms with Crippen LogP contribution in [0.1, 0.15) is 19.3 Å². The topological polar surface area (TPSA) is 72.2 Å². The molecule has 0 aliphatic carbocycles. The standard InChI is InChI=1S/C11H14ClF3N2O2S/c12-9-4-3-8(7-10(9)16)20(18,19)17-6-2-1-5-11(13,14)15/h3-4,7,17H,1-2,5-6,16H2. The molecule has 0 amide bonds. The average molecular weight is 331 g/mol. The number of anilines is 1. The summed E-state index contributed by atoms with van der Waals surface area (Å²) in [6.07, 6.45) is -5.18. The normalized spacial score (nSPS) is 12.6. The largest absolute Gasteiger partial charge is 0.397 e. The molecule has 0 aliphatic rings. The minimum atomic E-state index is -4.22. The highest BCUT2D eigenvalue weighted by Gasteiger charge is 2.26. The van der Waals surface area contributed by atoms with E-state index in [-0.39, 0.29) is 35.0 Å². The van der Waals surface area contributed by atoms with E-state index in [1.165, 1.54) is 18.2 Å². The molecule has 9 heteroatoms. The Hall–Kier alpha value is -0.990. The fraction of sp³-hybridized carbons (Fsp3) is 0.455. The fourth-order valence-corrected chi connectivity index (χ4v) is 2.66. The predicted octanol–water partition coefficient (Wildman–Crippen LogP) is 2.93. The summed E-state index contributed by atoms with van der Waals surface area (Å²) in [5, 5.41) is 0.231. The van der Waals surface area contributed by atoms with Crippen molar-refractivity contribution in [2.75, 3.05) is 12.3 Å². The number of nitrogen functional groups attached to an aromatic ring is 1. The molecule has 0 aliphatic heterocycles. The maximum Gasteiger partial charge on any atom is 0.389 e. The molecule has 114 valence electrons. The van der Waals surface area contributed by atoms with Gasteiger partial charge in [0.25, 0.3) is 0 Å².